The van der Waals surface area contributed by atoms with Gasteiger partial charge in [0.2, 0.25) is 0 Å². The third-order valence-corrected chi connectivity index (χ3v) is 9.10. The number of hydrogen-bond acceptors (Lipinski definition) is 9. The van der Waals surface area contributed by atoms with Crippen molar-refractivity contribution < 1.29 is 17.9 Å². The Hall–Kier alpha value is -1.51. The molecule has 1 aromatic rings. The monoisotopic (exact) mass is 601 g/mol. The molecule has 40 heavy (non-hydrogen) atoms. The molecule has 2 aliphatic heterocycles. The van der Waals surface area contributed by atoms with Gasteiger partial charge >= 0.3 is 0 Å². The van der Waals surface area contributed by atoms with E-state index in [0.29, 0.717) is 76.1 Å². The van der Waals surface area contributed by atoms with Gasteiger partial charge in [-0.2, -0.15) is 29.2 Å². The van der Waals surface area contributed by atoms with Crippen molar-refractivity contribution in [2.75, 3.05) is 69.8 Å². The largest absolute Gasteiger partial charge is 0.379 e. The van der Waals surface area contributed by atoms with Gasteiger partial charge in [0.25, 0.3) is 16.1 Å². The zero-order valence-electron chi connectivity index (χ0n) is 24.3. The van der Waals surface area contributed by atoms with Gasteiger partial charge in [-0.1, -0.05) is 42.0 Å². The van der Waals surface area contributed by atoms with Crippen molar-refractivity contribution in [1.82, 2.24) is 29.2 Å². The fraction of sp³-hybridized carbons (Fsp3) is 0.815. The number of aromatic nitrogens is 2. The summed E-state index contributed by atoms with van der Waals surface area (Å²) >= 11 is 1.79. The summed E-state index contributed by atoms with van der Waals surface area (Å²) in [6.45, 7) is 14.1. The number of nitrogens with zero attached hydrogens (tertiary/aromatic N) is 4. The zero-order valence-corrected chi connectivity index (χ0v) is 26.0. The third-order valence-electron chi connectivity index (χ3n) is 6.72. The highest BCUT2D eigenvalue weighted by molar-refractivity contribution is 7.98. The predicted octanol–water partition coefficient (Wildman–Crippen LogP) is 2.57. The first-order valence-electron chi connectivity index (χ1n) is 13.9. The Bertz CT molecular complexity index is 1040. The summed E-state index contributed by atoms with van der Waals surface area (Å²) in [5, 5.41) is 6.74. The van der Waals surface area contributed by atoms with E-state index in [2.05, 4.69) is 61.2 Å². The molecule has 3 rings (SSSR count). The van der Waals surface area contributed by atoms with E-state index >= 15 is 0 Å². The van der Waals surface area contributed by atoms with Crippen LogP contribution in [-0.2, 0) is 20.4 Å². The molecular formula is C27H51N7O4S2. The SMILES string of the molecule is C.CSCCCNc1nc(C(C)(C)C)ncc1C(=O)N(CC(C)C)[C@@H]1CNC[C@H](NS(=O)(=O)N2CCOCC2)C1. The molecule has 2 fully saturated rings. The summed E-state index contributed by atoms with van der Waals surface area (Å²) in [6.07, 6.45) is 5.20. The molecule has 0 bridgehead atoms. The van der Waals surface area contributed by atoms with E-state index in [0.717, 1.165) is 12.2 Å². The zero-order chi connectivity index (χ0) is 28.6. The molecule has 3 heterocycles. The van der Waals surface area contributed by atoms with Gasteiger partial charge < -0.3 is 20.3 Å². The smallest absolute Gasteiger partial charge is 0.279 e. The fourth-order valence-electron chi connectivity index (χ4n) is 4.72. The van der Waals surface area contributed by atoms with Crippen LogP contribution >= 0.6 is 11.8 Å². The number of hydrogen-bond donors (Lipinski definition) is 3. The first-order valence-corrected chi connectivity index (χ1v) is 16.7. The van der Waals surface area contributed by atoms with E-state index in [4.69, 9.17) is 9.72 Å². The molecule has 230 valence electrons. The van der Waals surface area contributed by atoms with E-state index in [1.807, 2.05) is 4.90 Å². The minimum Gasteiger partial charge on any atom is -0.379 e. The molecule has 13 heteroatoms. The Morgan fingerprint density at radius 2 is 1.98 bits per heavy atom. The van der Waals surface area contributed by atoms with Crippen LogP contribution in [0.4, 0.5) is 5.82 Å². The maximum atomic E-state index is 14.1. The van der Waals surface area contributed by atoms with Gasteiger partial charge in [-0.3, -0.25) is 4.79 Å². The molecule has 0 aromatic carbocycles. The first kappa shape index (κ1) is 34.7. The molecule has 0 radical (unpaired) electrons. The normalized spacial score (nSPS) is 20.7. The van der Waals surface area contributed by atoms with Crippen molar-refractivity contribution in [2.45, 2.75) is 72.4 Å². The summed E-state index contributed by atoms with van der Waals surface area (Å²) < 4.78 is 35.6. The number of carbonyl (C=O) groups excluding carboxylic acids is 1. The van der Waals surface area contributed by atoms with Crippen LogP contribution in [0.3, 0.4) is 0 Å². The maximum absolute atomic E-state index is 14.1. The molecule has 2 saturated heterocycles. The molecule has 0 spiro atoms. The van der Waals surface area contributed by atoms with Crippen LogP contribution in [0.2, 0.25) is 0 Å². The average molecular weight is 602 g/mol. The Balaban J connectivity index is 0.00000560. The van der Waals surface area contributed by atoms with Crippen LogP contribution in [-0.4, -0.2) is 110 Å². The van der Waals surface area contributed by atoms with Crippen LogP contribution < -0.4 is 15.4 Å². The molecule has 0 unspecified atom stereocenters. The van der Waals surface area contributed by atoms with Gasteiger partial charge in [-0.05, 0) is 30.8 Å². The number of rotatable bonds is 12. The lowest BCUT2D eigenvalue weighted by atomic mass is 9.95. The number of amides is 1. The molecule has 11 nitrogen and oxygen atoms in total. The lowest BCUT2D eigenvalue weighted by Gasteiger charge is -2.39. The van der Waals surface area contributed by atoms with Crippen molar-refractivity contribution in [1.29, 1.82) is 0 Å². The Labute approximate surface area is 246 Å². The van der Waals surface area contributed by atoms with E-state index < -0.39 is 10.2 Å². The summed E-state index contributed by atoms with van der Waals surface area (Å²) in [5.41, 5.74) is 0.191. The lowest BCUT2D eigenvalue weighted by Crippen LogP contribution is -2.59. The number of anilines is 1. The van der Waals surface area contributed by atoms with Crippen molar-refractivity contribution in [2.24, 2.45) is 5.92 Å². The van der Waals surface area contributed by atoms with Crippen LogP contribution in [0.25, 0.3) is 0 Å². The van der Waals surface area contributed by atoms with E-state index in [1.54, 1.807) is 18.0 Å². The standard InChI is InChI=1S/C26H47N7O4S2.CH4/c1-19(2)18-33(21-14-20(15-27-16-21)31-39(35,36)32-9-11-37-12-10-32)24(34)22-17-29-25(26(3,4)5)30-23(22)28-8-7-13-38-6;/h17,19-21,27,31H,7-16,18H2,1-6H3,(H,28,29,30);1H4/t20-,21+;/m1./s1. The number of carbonyl (C=O) groups is 1. The quantitative estimate of drug-likeness (QED) is 0.310. The summed E-state index contributed by atoms with van der Waals surface area (Å²) in [7, 11) is -3.64. The van der Waals surface area contributed by atoms with Crippen molar-refractivity contribution in [3.63, 3.8) is 0 Å². The highest BCUT2D eigenvalue weighted by Gasteiger charge is 2.35. The minimum absolute atomic E-state index is 0. The van der Waals surface area contributed by atoms with Crippen LogP contribution in [0, 0.1) is 5.92 Å². The van der Waals surface area contributed by atoms with Gasteiger partial charge in [0.1, 0.15) is 17.2 Å². The predicted molar refractivity (Wildman–Crippen MR) is 164 cm³/mol. The topological polar surface area (TPSA) is 129 Å². The molecule has 0 saturated carbocycles. The van der Waals surface area contributed by atoms with Gasteiger partial charge in [0.05, 0.1) is 13.2 Å². The van der Waals surface area contributed by atoms with Crippen molar-refractivity contribution in [3.8, 4) is 0 Å². The fourth-order valence-corrected chi connectivity index (χ4v) is 6.53. The molecular weight excluding hydrogens is 550 g/mol. The summed E-state index contributed by atoms with van der Waals surface area (Å²) in [4.78, 5) is 25.3. The number of ether oxygens (including phenoxy) is 1. The van der Waals surface area contributed by atoms with Crippen molar-refractivity contribution in [3.05, 3.63) is 17.6 Å². The average Bonchev–Trinajstić information content (AvgIpc) is 2.89. The second-order valence-electron chi connectivity index (χ2n) is 11.7. The highest BCUT2D eigenvalue weighted by Crippen LogP contribution is 2.25. The number of morpholine rings is 1. The van der Waals surface area contributed by atoms with Crippen LogP contribution in [0.1, 0.15) is 71.1 Å². The van der Waals surface area contributed by atoms with E-state index in [1.165, 1.54) is 4.31 Å². The van der Waals surface area contributed by atoms with Gasteiger partial charge in [0, 0.05) is 63.0 Å². The first-order chi connectivity index (χ1) is 18.4. The second kappa shape index (κ2) is 15.6. The molecule has 2 aliphatic rings. The maximum Gasteiger partial charge on any atom is 0.279 e. The Morgan fingerprint density at radius 1 is 1.27 bits per heavy atom. The highest BCUT2D eigenvalue weighted by atomic mass is 32.2. The molecule has 0 aliphatic carbocycles. The molecule has 1 aromatic heterocycles. The molecule has 1 amide bonds. The third kappa shape index (κ3) is 9.80. The molecule has 2 atom stereocenters. The minimum atomic E-state index is -3.64. The van der Waals surface area contributed by atoms with E-state index in [9.17, 15) is 13.2 Å². The summed E-state index contributed by atoms with van der Waals surface area (Å²) in [5.74, 6) is 2.34. The van der Waals surface area contributed by atoms with Crippen LogP contribution in [0.15, 0.2) is 6.20 Å². The Morgan fingerprint density at radius 3 is 2.60 bits per heavy atom. The van der Waals surface area contributed by atoms with E-state index in [-0.39, 0.29) is 36.8 Å². The molecule has 3 N–H and O–H groups in total. The van der Waals surface area contributed by atoms with Gasteiger partial charge in [-0.25, -0.2) is 9.97 Å². The Kier molecular flexibility index (Phi) is 13.6. The second-order valence-corrected chi connectivity index (χ2v) is 14.4. The summed E-state index contributed by atoms with van der Waals surface area (Å²) in [6, 6.07) is -0.514. The number of piperidine rings is 1. The number of thioether (sulfide) groups is 1. The number of nitrogens with one attached hydrogen (secondary N) is 3. The van der Waals surface area contributed by atoms with Gasteiger partial charge in [-0.15, -0.1) is 0 Å². The lowest BCUT2D eigenvalue weighted by molar-refractivity contribution is 0.0604. The van der Waals surface area contributed by atoms with Gasteiger partial charge in [0.15, 0.2) is 0 Å². The van der Waals surface area contributed by atoms with Crippen molar-refractivity contribution >= 4 is 33.7 Å². The van der Waals surface area contributed by atoms with Crippen LogP contribution in [0.5, 0.6) is 0 Å².